The first kappa shape index (κ1) is 13.3. The van der Waals surface area contributed by atoms with Crippen molar-refractivity contribution in [1.29, 1.82) is 0 Å². The highest BCUT2D eigenvalue weighted by atomic mass is 16.1. The Balaban J connectivity index is 1.92. The minimum Gasteiger partial charge on any atom is -0.323 e. The Morgan fingerprint density at radius 3 is 2.74 bits per heavy atom. The standard InChI is InChI=1S/C15H19N3O/c1-10-5-4-6-13(9-10)7-8-14(19)16-15-11(2)17-18-12(15)3/h4-6,9H,7-8H2,1-3H3,(H,16,19)(H,17,18). The highest BCUT2D eigenvalue weighted by molar-refractivity contribution is 5.91. The molecule has 0 fully saturated rings. The van der Waals surface area contributed by atoms with Crippen LogP contribution in [0, 0.1) is 20.8 Å². The summed E-state index contributed by atoms with van der Waals surface area (Å²) in [6, 6.07) is 8.24. The topological polar surface area (TPSA) is 57.8 Å². The highest BCUT2D eigenvalue weighted by Crippen LogP contribution is 2.16. The van der Waals surface area contributed by atoms with E-state index in [0.717, 1.165) is 23.5 Å². The molecule has 0 unspecified atom stereocenters. The second-order valence-electron chi connectivity index (χ2n) is 4.85. The number of H-pyrrole nitrogens is 1. The second kappa shape index (κ2) is 5.69. The molecule has 0 saturated carbocycles. The number of benzene rings is 1. The monoisotopic (exact) mass is 257 g/mol. The average Bonchev–Trinajstić information content (AvgIpc) is 2.68. The summed E-state index contributed by atoms with van der Waals surface area (Å²) in [4.78, 5) is 11.9. The molecule has 1 aromatic heterocycles. The molecule has 0 atom stereocenters. The lowest BCUT2D eigenvalue weighted by Gasteiger charge is -2.06. The molecule has 1 heterocycles. The normalized spacial score (nSPS) is 10.5. The van der Waals surface area contributed by atoms with Gasteiger partial charge in [0.05, 0.1) is 17.1 Å². The van der Waals surface area contributed by atoms with E-state index in [1.54, 1.807) is 0 Å². The van der Waals surface area contributed by atoms with Crippen LogP contribution in [0.25, 0.3) is 0 Å². The quantitative estimate of drug-likeness (QED) is 0.884. The molecule has 0 saturated heterocycles. The minimum absolute atomic E-state index is 0.0223. The van der Waals surface area contributed by atoms with Gasteiger partial charge in [-0.25, -0.2) is 0 Å². The Bertz CT molecular complexity index is 567. The lowest BCUT2D eigenvalue weighted by molar-refractivity contribution is -0.116. The molecule has 0 aliphatic carbocycles. The van der Waals surface area contributed by atoms with Crippen LogP contribution < -0.4 is 5.32 Å². The second-order valence-corrected chi connectivity index (χ2v) is 4.85. The molecule has 0 aliphatic heterocycles. The van der Waals surface area contributed by atoms with Gasteiger partial charge in [-0.05, 0) is 32.8 Å². The molecule has 1 aromatic carbocycles. The maximum absolute atomic E-state index is 11.9. The van der Waals surface area contributed by atoms with Crippen molar-refractivity contribution in [2.75, 3.05) is 5.32 Å². The highest BCUT2D eigenvalue weighted by Gasteiger charge is 2.10. The van der Waals surface area contributed by atoms with Gasteiger partial charge in [0.15, 0.2) is 0 Å². The number of carbonyl (C=O) groups is 1. The Morgan fingerprint density at radius 1 is 1.32 bits per heavy atom. The van der Waals surface area contributed by atoms with Crippen LogP contribution in [-0.4, -0.2) is 16.1 Å². The smallest absolute Gasteiger partial charge is 0.224 e. The molecular weight excluding hydrogens is 238 g/mol. The third kappa shape index (κ3) is 3.44. The fourth-order valence-electron chi connectivity index (χ4n) is 2.06. The molecule has 0 bridgehead atoms. The Labute approximate surface area is 113 Å². The van der Waals surface area contributed by atoms with E-state index in [1.807, 2.05) is 19.9 Å². The molecule has 4 nitrogen and oxygen atoms in total. The van der Waals surface area contributed by atoms with Crippen LogP contribution in [-0.2, 0) is 11.2 Å². The minimum atomic E-state index is 0.0223. The first-order valence-electron chi connectivity index (χ1n) is 6.43. The molecule has 100 valence electrons. The van der Waals surface area contributed by atoms with Gasteiger partial charge in [-0.15, -0.1) is 0 Å². The number of aromatic nitrogens is 2. The van der Waals surface area contributed by atoms with Crippen molar-refractivity contribution in [1.82, 2.24) is 10.2 Å². The predicted molar refractivity (Wildman–Crippen MR) is 76.2 cm³/mol. The number of aromatic amines is 1. The number of carbonyl (C=O) groups excluding carboxylic acids is 1. The van der Waals surface area contributed by atoms with Gasteiger partial charge in [-0.2, -0.15) is 5.10 Å². The summed E-state index contributed by atoms with van der Waals surface area (Å²) in [6.07, 6.45) is 1.23. The summed E-state index contributed by atoms with van der Waals surface area (Å²) >= 11 is 0. The third-order valence-corrected chi connectivity index (χ3v) is 3.12. The largest absolute Gasteiger partial charge is 0.323 e. The fourth-order valence-corrected chi connectivity index (χ4v) is 2.06. The van der Waals surface area contributed by atoms with Crippen LogP contribution in [0.2, 0.25) is 0 Å². The number of hydrogen-bond acceptors (Lipinski definition) is 2. The summed E-state index contributed by atoms with van der Waals surface area (Å²) < 4.78 is 0. The van der Waals surface area contributed by atoms with Gasteiger partial charge in [0, 0.05) is 6.42 Å². The van der Waals surface area contributed by atoms with Crippen LogP contribution in [0.1, 0.15) is 28.9 Å². The predicted octanol–water partition coefficient (Wildman–Crippen LogP) is 2.91. The van der Waals surface area contributed by atoms with Gasteiger partial charge < -0.3 is 5.32 Å². The van der Waals surface area contributed by atoms with E-state index in [2.05, 4.69) is 40.6 Å². The van der Waals surface area contributed by atoms with Crippen molar-refractivity contribution in [2.45, 2.75) is 33.6 Å². The van der Waals surface area contributed by atoms with Crippen molar-refractivity contribution in [2.24, 2.45) is 0 Å². The summed E-state index contributed by atoms with van der Waals surface area (Å²) in [7, 11) is 0. The zero-order chi connectivity index (χ0) is 13.8. The van der Waals surface area contributed by atoms with Crippen molar-refractivity contribution in [3.8, 4) is 0 Å². The van der Waals surface area contributed by atoms with Crippen LogP contribution in [0.5, 0.6) is 0 Å². The summed E-state index contributed by atoms with van der Waals surface area (Å²) in [6.45, 7) is 5.83. The molecule has 4 heteroatoms. The third-order valence-electron chi connectivity index (χ3n) is 3.12. The van der Waals surface area contributed by atoms with Gasteiger partial charge in [0.2, 0.25) is 5.91 Å². The van der Waals surface area contributed by atoms with E-state index in [4.69, 9.17) is 0 Å². The van der Waals surface area contributed by atoms with Gasteiger partial charge >= 0.3 is 0 Å². The number of nitrogens with one attached hydrogen (secondary N) is 2. The Hall–Kier alpha value is -2.10. The first-order valence-corrected chi connectivity index (χ1v) is 6.43. The number of anilines is 1. The number of amides is 1. The fraction of sp³-hybridized carbons (Fsp3) is 0.333. The van der Waals surface area contributed by atoms with Crippen molar-refractivity contribution in [3.05, 3.63) is 46.8 Å². The SMILES string of the molecule is Cc1cccc(CCC(=O)Nc2c(C)n[nH]c2C)c1. The Morgan fingerprint density at radius 2 is 2.11 bits per heavy atom. The van der Waals surface area contributed by atoms with Gasteiger partial charge in [0.1, 0.15) is 0 Å². The van der Waals surface area contributed by atoms with E-state index in [-0.39, 0.29) is 5.91 Å². The zero-order valence-corrected chi connectivity index (χ0v) is 11.6. The first-order chi connectivity index (χ1) is 9.06. The maximum Gasteiger partial charge on any atom is 0.224 e. The molecule has 19 heavy (non-hydrogen) atoms. The van der Waals surface area contributed by atoms with Crippen molar-refractivity contribution >= 4 is 11.6 Å². The number of rotatable bonds is 4. The van der Waals surface area contributed by atoms with Crippen molar-refractivity contribution < 1.29 is 4.79 Å². The zero-order valence-electron chi connectivity index (χ0n) is 11.6. The summed E-state index contributed by atoms with van der Waals surface area (Å²) in [5.41, 5.74) is 4.92. The molecule has 0 radical (unpaired) electrons. The molecule has 2 N–H and O–H groups in total. The molecule has 1 amide bonds. The van der Waals surface area contributed by atoms with Crippen molar-refractivity contribution in [3.63, 3.8) is 0 Å². The van der Waals surface area contributed by atoms with E-state index in [1.165, 1.54) is 11.1 Å². The lowest BCUT2D eigenvalue weighted by Crippen LogP contribution is -2.13. The number of nitrogens with zero attached hydrogens (tertiary/aromatic N) is 1. The van der Waals surface area contributed by atoms with E-state index < -0.39 is 0 Å². The van der Waals surface area contributed by atoms with Gasteiger partial charge in [-0.3, -0.25) is 9.89 Å². The Kier molecular flexibility index (Phi) is 4.00. The van der Waals surface area contributed by atoms with E-state index >= 15 is 0 Å². The number of hydrogen-bond donors (Lipinski definition) is 2. The molecule has 0 aliphatic rings. The van der Waals surface area contributed by atoms with Gasteiger partial charge in [-0.1, -0.05) is 29.8 Å². The average molecular weight is 257 g/mol. The molecule has 2 rings (SSSR count). The van der Waals surface area contributed by atoms with Crippen LogP contribution in [0.3, 0.4) is 0 Å². The van der Waals surface area contributed by atoms with Crippen LogP contribution in [0.15, 0.2) is 24.3 Å². The summed E-state index contributed by atoms with van der Waals surface area (Å²) in [5, 5.41) is 9.83. The van der Waals surface area contributed by atoms with Gasteiger partial charge in [0.25, 0.3) is 0 Å². The van der Waals surface area contributed by atoms with E-state index in [9.17, 15) is 4.79 Å². The molecule has 0 spiro atoms. The van der Waals surface area contributed by atoms with Crippen LogP contribution in [0.4, 0.5) is 5.69 Å². The number of aryl methyl sites for hydroxylation is 4. The molecule has 2 aromatic rings. The van der Waals surface area contributed by atoms with E-state index in [0.29, 0.717) is 6.42 Å². The summed E-state index contributed by atoms with van der Waals surface area (Å²) in [5.74, 6) is 0.0223. The van der Waals surface area contributed by atoms with Crippen LogP contribution >= 0.6 is 0 Å². The molecular formula is C15H19N3O. The maximum atomic E-state index is 11.9. The lowest BCUT2D eigenvalue weighted by atomic mass is 10.1.